The number of H-pyrrole nitrogens is 1. The number of aryl methyl sites for hydroxylation is 1. The van der Waals surface area contributed by atoms with Gasteiger partial charge in [-0.3, -0.25) is 9.59 Å². The molecule has 7 nitrogen and oxygen atoms in total. The number of nitrogens with one attached hydrogen (secondary N) is 2. The molecule has 0 atom stereocenters. The largest absolute Gasteiger partial charge is 0.494 e. The number of amides is 1. The summed E-state index contributed by atoms with van der Waals surface area (Å²) in [6, 6.07) is 11.5. The van der Waals surface area contributed by atoms with Gasteiger partial charge >= 0.3 is 5.69 Å². The molecule has 0 saturated carbocycles. The fourth-order valence-electron chi connectivity index (χ4n) is 2.60. The summed E-state index contributed by atoms with van der Waals surface area (Å²) in [5.74, 6) is -0.0401. The van der Waals surface area contributed by atoms with Gasteiger partial charge in [0.25, 0.3) is 11.5 Å². The summed E-state index contributed by atoms with van der Waals surface area (Å²) >= 11 is 6.06. The second kappa shape index (κ2) is 8.14. The maximum absolute atomic E-state index is 12.8. The van der Waals surface area contributed by atoms with Gasteiger partial charge in [-0.15, -0.1) is 0 Å². The van der Waals surface area contributed by atoms with E-state index in [0.29, 0.717) is 28.8 Å². The first-order chi connectivity index (χ1) is 13.4. The molecule has 1 aromatic heterocycles. The van der Waals surface area contributed by atoms with Gasteiger partial charge in [-0.05, 0) is 55.8 Å². The van der Waals surface area contributed by atoms with E-state index in [1.807, 2.05) is 13.8 Å². The molecule has 0 fully saturated rings. The molecule has 144 valence electrons. The number of anilines is 1. The number of rotatable bonds is 5. The first-order valence-electron chi connectivity index (χ1n) is 8.56. The average molecular weight is 400 g/mol. The molecule has 3 rings (SSSR count). The summed E-state index contributed by atoms with van der Waals surface area (Å²) in [5.41, 5.74) is 0.0426. The second-order valence-corrected chi connectivity index (χ2v) is 6.40. The normalized spacial score (nSPS) is 10.5. The van der Waals surface area contributed by atoms with Crippen LogP contribution in [0.25, 0.3) is 5.69 Å². The predicted octanol–water partition coefficient (Wildman–Crippen LogP) is 3.14. The van der Waals surface area contributed by atoms with Crippen LogP contribution in [0, 0.1) is 6.92 Å². The number of carbonyl (C=O) groups excluding carboxylic acids is 1. The van der Waals surface area contributed by atoms with Crippen molar-refractivity contribution in [1.29, 1.82) is 0 Å². The molecule has 0 aliphatic heterocycles. The molecule has 2 aromatic carbocycles. The summed E-state index contributed by atoms with van der Waals surface area (Å²) in [7, 11) is 0. The number of nitrogens with zero attached hydrogens (tertiary/aromatic N) is 1. The van der Waals surface area contributed by atoms with Crippen molar-refractivity contribution >= 4 is 23.2 Å². The predicted molar refractivity (Wildman–Crippen MR) is 108 cm³/mol. The Kier molecular flexibility index (Phi) is 5.65. The summed E-state index contributed by atoms with van der Waals surface area (Å²) in [4.78, 5) is 40.0. The van der Waals surface area contributed by atoms with Crippen LogP contribution in [-0.4, -0.2) is 22.1 Å². The molecule has 0 bridgehead atoms. The van der Waals surface area contributed by atoms with Gasteiger partial charge in [0.1, 0.15) is 11.3 Å². The number of benzene rings is 2. The number of hydrogen-bond donors (Lipinski definition) is 2. The number of hydrogen-bond acceptors (Lipinski definition) is 4. The number of halogens is 1. The minimum Gasteiger partial charge on any atom is -0.494 e. The molecule has 0 unspecified atom stereocenters. The molecule has 0 aliphatic rings. The van der Waals surface area contributed by atoms with E-state index in [2.05, 4.69) is 10.3 Å². The van der Waals surface area contributed by atoms with Crippen LogP contribution in [0.4, 0.5) is 5.69 Å². The Bertz CT molecular complexity index is 1130. The molecule has 8 heteroatoms. The van der Waals surface area contributed by atoms with E-state index >= 15 is 0 Å². The van der Waals surface area contributed by atoms with Gasteiger partial charge in [-0.25, -0.2) is 9.36 Å². The van der Waals surface area contributed by atoms with Gasteiger partial charge in [-0.1, -0.05) is 17.7 Å². The summed E-state index contributed by atoms with van der Waals surface area (Å²) in [6.45, 7) is 4.19. The minimum atomic E-state index is -0.733. The summed E-state index contributed by atoms with van der Waals surface area (Å²) in [6.07, 6.45) is 1.10. The fraction of sp³-hybridized carbons (Fsp3) is 0.150. The van der Waals surface area contributed by atoms with Crippen molar-refractivity contribution in [2.75, 3.05) is 11.9 Å². The lowest BCUT2D eigenvalue weighted by molar-refractivity contribution is 0.102. The van der Waals surface area contributed by atoms with Gasteiger partial charge in [0.15, 0.2) is 0 Å². The second-order valence-electron chi connectivity index (χ2n) is 5.99. The standard InChI is InChI=1S/C20H18ClN3O4/c1-3-28-15-8-6-14(7-9-15)24-19(26)16(11-22-20(24)27)18(25)23-13-5-4-12(2)17(21)10-13/h4-11H,3H2,1-2H3,(H,22,27)(H,23,25). The Balaban J connectivity index is 1.96. The average Bonchev–Trinajstić information content (AvgIpc) is 2.66. The van der Waals surface area contributed by atoms with Crippen molar-refractivity contribution in [2.24, 2.45) is 0 Å². The monoisotopic (exact) mass is 399 g/mol. The van der Waals surface area contributed by atoms with E-state index in [4.69, 9.17) is 16.3 Å². The number of carbonyl (C=O) groups is 1. The quantitative estimate of drug-likeness (QED) is 0.689. The van der Waals surface area contributed by atoms with Crippen LogP contribution in [0.1, 0.15) is 22.8 Å². The Morgan fingerprint density at radius 1 is 1.18 bits per heavy atom. The summed E-state index contributed by atoms with van der Waals surface area (Å²) < 4.78 is 6.25. The maximum atomic E-state index is 12.8. The van der Waals surface area contributed by atoms with Gasteiger partial charge in [0.2, 0.25) is 0 Å². The molecule has 1 heterocycles. The molecular formula is C20H18ClN3O4. The van der Waals surface area contributed by atoms with E-state index in [0.717, 1.165) is 16.3 Å². The van der Waals surface area contributed by atoms with E-state index in [-0.39, 0.29) is 5.56 Å². The van der Waals surface area contributed by atoms with Crippen LogP contribution in [-0.2, 0) is 0 Å². The van der Waals surface area contributed by atoms with E-state index in [9.17, 15) is 14.4 Å². The zero-order valence-electron chi connectivity index (χ0n) is 15.3. The smallest absolute Gasteiger partial charge is 0.333 e. The lowest BCUT2D eigenvalue weighted by Gasteiger charge is -2.10. The van der Waals surface area contributed by atoms with Crippen molar-refractivity contribution in [3.63, 3.8) is 0 Å². The van der Waals surface area contributed by atoms with Crippen LogP contribution < -0.4 is 21.3 Å². The number of aromatic amines is 1. The third-order valence-electron chi connectivity index (χ3n) is 4.06. The third kappa shape index (κ3) is 3.99. The van der Waals surface area contributed by atoms with Gasteiger partial charge in [-0.2, -0.15) is 0 Å². The maximum Gasteiger partial charge on any atom is 0.333 e. The van der Waals surface area contributed by atoms with E-state index in [1.165, 1.54) is 0 Å². The van der Waals surface area contributed by atoms with Crippen molar-refractivity contribution in [3.05, 3.63) is 85.6 Å². The highest BCUT2D eigenvalue weighted by Crippen LogP contribution is 2.20. The molecule has 0 saturated heterocycles. The molecule has 0 radical (unpaired) electrons. The molecule has 0 aliphatic carbocycles. The van der Waals surface area contributed by atoms with E-state index in [1.54, 1.807) is 42.5 Å². The Morgan fingerprint density at radius 2 is 1.89 bits per heavy atom. The van der Waals surface area contributed by atoms with E-state index < -0.39 is 17.2 Å². The lowest BCUT2D eigenvalue weighted by atomic mass is 10.2. The molecule has 3 aromatic rings. The lowest BCUT2D eigenvalue weighted by Crippen LogP contribution is -2.38. The molecule has 0 spiro atoms. The topological polar surface area (TPSA) is 93.2 Å². The highest BCUT2D eigenvalue weighted by Gasteiger charge is 2.16. The van der Waals surface area contributed by atoms with Gasteiger partial charge in [0, 0.05) is 16.9 Å². The van der Waals surface area contributed by atoms with Crippen molar-refractivity contribution < 1.29 is 9.53 Å². The SMILES string of the molecule is CCOc1ccc(-n2c(=O)[nH]cc(C(=O)Nc3ccc(C)c(Cl)c3)c2=O)cc1. The third-order valence-corrected chi connectivity index (χ3v) is 4.46. The fourth-order valence-corrected chi connectivity index (χ4v) is 2.78. The first kappa shape index (κ1) is 19.4. The highest BCUT2D eigenvalue weighted by atomic mass is 35.5. The van der Waals surface area contributed by atoms with Crippen LogP contribution in [0.3, 0.4) is 0 Å². The zero-order valence-corrected chi connectivity index (χ0v) is 16.0. The van der Waals surface area contributed by atoms with Gasteiger partial charge in [0.05, 0.1) is 12.3 Å². The number of ether oxygens (including phenoxy) is 1. The molecule has 2 N–H and O–H groups in total. The minimum absolute atomic E-state index is 0.204. The van der Waals surface area contributed by atoms with Crippen LogP contribution in [0.2, 0.25) is 5.02 Å². The molecular weight excluding hydrogens is 382 g/mol. The van der Waals surface area contributed by atoms with Crippen LogP contribution in [0.15, 0.2) is 58.3 Å². The number of aromatic nitrogens is 2. The van der Waals surface area contributed by atoms with Gasteiger partial charge < -0.3 is 15.0 Å². The Labute approximate surface area is 165 Å². The van der Waals surface area contributed by atoms with Crippen LogP contribution in [0.5, 0.6) is 5.75 Å². The Hall–Kier alpha value is -3.32. The zero-order chi connectivity index (χ0) is 20.3. The van der Waals surface area contributed by atoms with Crippen molar-refractivity contribution in [1.82, 2.24) is 9.55 Å². The summed E-state index contributed by atoms with van der Waals surface area (Å²) in [5, 5.41) is 3.10. The molecule has 1 amide bonds. The molecule has 28 heavy (non-hydrogen) atoms. The first-order valence-corrected chi connectivity index (χ1v) is 8.94. The highest BCUT2D eigenvalue weighted by molar-refractivity contribution is 6.31. The van der Waals surface area contributed by atoms with Crippen LogP contribution >= 0.6 is 11.6 Å². The van der Waals surface area contributed by atoms with Crippen molar-refractivity contribution in [3.8, 4) is 11.4 Å². The Morgan fingerprint density at radius 3 is 2.54 bits per heavy atom. The van der Waals surface area contributed by atoms with Crippen molar-refractivity contribution in [2.45, 2.75) is 13.8 Å².